The summed E-state index contributed by atoms with van der Waals surface area (Å²) in [5, 5.41) is 9.89. The molecule has 1 aromatic rings. The van der Waals surface area contributed by atoms with Crippen molar-refractivity contribution in [1.82, 2.24) is 26.1 Å². The summed E-state index contributed by atoms with van der Waals surface area (Å²) in [4.78, 5) is 40.0. The zero-order valence-corrected chi connectivity index (χ0v) is 10.1. The summed E-state index contributed by atoms with van der Waals surface area (Å²) in [5.74, 6) is -1.76. The normalized spacial score (nSPS) is 9.53. The first kappa shape index (κ1) is 14.4. The summed E-state index contributed by atoms with van der Waals surface area (Å²) in [6.07, 6.45) is -0.297. The maximum atomic E-state index is 11.6. The van der Waals surface area contributed by atoms with E-state index >= 15 is 0 Å². The van der Waals surface area contributed by atoms with E-state index in [0.29, 0.717) is 0 Å². The molecule has 11 heteroatoms. The van der Waals surface area contributed by atoms with Crippen LogP contribution in [0.2, 0.25) is 5.15 Å². The average molecular weight is 289 g/mol. The van der Waals surface area contributed by atoms with Crippen LogP contribution in [0.1, 0.15) is 10.4 Å². The molecule has 0 unspecified atom stereocenters. The molecule has 102 valence electrons. The molecular weight excluding hydrogens is 280 g/mol. The number of carbonyl (C=O) groups excluding carboxylic acids is 2. The molecule has 0 atom stereocenters. The molecule has 0 radical (unpaired) electrons. The van der Waals surface area contributed by atoms with E-state index in [2.05, 4.69) is 9.97 Å². The monoisotopic (exact) mass is 288 g/mol. The highest BCUT2D eigenvalue weighted by Gasteiger charge is 2.16. The first-order valence-electron chi connectivity index (χ1n) is 4.73. The Morgan fingerprint density at radius 2 is 2.00 bits per heavy atom. The van der Waals surface area contributed by atoms with Crippen LogP contribution in [0, 0.1) is 0 Å². The highest BCUT2D eigenvalue weighted by atomic mass is 35.5. The molecule has 0 aromatic carbocycles. The molecule has 3 amide bonds. The maximum absolute atomic E-state index is 11.6. The lowest BCUT2D eigenvalue weighted by Crippen LogP contribution is -2.46. The van der Waals surface area contributed by atoms with Gasteiger partial charge in [0.25, 0.3) is 11.8 Å². The van der Waals surface area contributed by atoms with E-state index < -0.39 is 24.5 Å². The highest BCUT2D eigenvalue weighted by molar-refractivity contribution is 6.33. The summed E-state index contributed by atoms with van der Waals surface area (Å²) in [6, 6.07) is 0. The lowest BCUT2D eigenvalue weighted by molar-refractivity contribution is -0.120. The van der Waals surface area contributed by atoms with E-state index in [4.69, 9.17) is 22.4 Å². The highest BCUT2D eigenvalue weighted by Crippen LogP contribution is 2.16. The Labute approximate surface area is 111 Å². The van der Waals surface area contributed by atoms with Crippen LogP contribution in [-0.2, 0) is 4.79 Å². The second-order valence-electron chi connectivity index (χ2n) is 3.09. The van der Waals surface area contributed by atoms with Gasteiger partial charge in [-0.25, -0.2) is 14.8 Å². The minimum atomic E-state index is -1.37. The lowest BCUT2D eigenvalue weighted by Gasteiger charge is -2.08. The molecule has 0 fully saturated rings. The summed E-state index contributed by atoms with van der Waals surface area (Å²) < 4.78 is 0. The minimum absolute atomic E-state index is 0.157. The van der Waals surface area contributed by atoms with Gasteiger partial charge < -0.3 is 16.2 Å². The molecule has 0 aliphatic carbocycles. The van der Waals surface area contributed by atoms with Gasteiger partial charge >= 0.3 is 6.09 Å². The van der Waals surface area contributed by atoms with E-state index in [1.807, 2.05) is 16.2 Å². The smallest absolute Gasteiger partial charge is 0.405 e. The van der Waals surface area contributed by atoms with Crippen molar-refractivity contribution in [1.29, 1.82) is 0 Å². The average Bonchev–Trinajstić information content (AvgIpc) is 2.33. The Balaban J connectivity index is 2.56. The van der Waals surface area contributed by atoms with E-state index in [-0.39, 0.29) is 16.5 Å². The number of nitrogens with one attached hydrogen (secondary N) is 3. The number of halogens is 1. The van der Waals surface area contributed by atoms with Crippen molar-refractivity contribution >= 4 is 35.3 Å². The molecule has 0 bridgehead atoms. The molecular formula is C8H9ClN6O4. The number of nitrogen functional groups attached to an aromatic ring is 1. The quantitative estimate of drug-likeness (QED) is 0.343. The van der Waals surface area contributed by atoms with E-state index in [1.165, 1.54) is 0 Å². The number of hydrogen-bond donors (Lipinski definition) is 5. The number of aromatic nitrogens is 2. The van der Waals surface area contributed by atoms with Gasteiger partial charge in [-0.3, -0.25) is 20.4 Å². The lowest BCUT2D eigenvalue weighted by atomic mass is 10.3. The number of rotatable bonds is 3. The van der Waals surface area contributed by atoms with Gasteiger partial charge in [-0.05, 0) is 0 Å². The SMILES string of the molecule is Nc1ncnc(Cl)c1C(=O)NNC(=O)CNC(=O)O. The molecule has 1 aromatic heterocycles. The van der Waals surface area contributed by atoms with Crippen molar-refractivity contribution in [3.05, 3.63) is 17.0 Å². The minimum Gasteiger partial charge on any atom is -0.465 e. The molecule has 10 nitrogen and oxygen atoms in total. The summed E-state index contributed by atoms with van der Waals surface area (Å²) in [6.45, 7) is -0.524. The zero-order chi connectivity index (χ0) is 14.4. The van der Waals surface area contributed by atoms with Crippen LogP contribution in [0.4, 0.5) is 10.6 Å². The first-order chi connectivity index (χ1) is 8.91. The van der Waals surface area contributed by atoms with Gasteiger partial charge in [0.1, 0.15) is 29.4 Å². The fourth-order valence-electron chi connectivity index (χ4n) is 0.976. The first-order valence-corrected chi connectivity index (χ1v) is 5.11. The van der Waals surface area contributed by atoms with Crippen molar-refractivity contribution in [2.45, 2.75) is 0 Å². The van der Waals surface area contributed by atoms with Crippen LogP contribution >= 0.6 is 11.6 Å². The van der Waals surface area contributed by atoms with Crippen LogP contribution in [0.15, 0.2) is 6.33 Å². The third kappa shape index (κ3) is 4.27. The van der Waals surface area contributed by atoms with E-state index in [0.717, 1.165) is 6.33 Å². The van der Waals surface area contributed by atoms with Crippen molar-refractivity contribution in [2.75, 3.05) is 12.3 Å². The molecule has 1 rings (SSSR count). The largest absolute Gasteiger partial charge is 0.465 e. The Morgan fingerprint density at radius 3 is 2.58 bits per heavy atom. The predicted molar refractivity (Wildman–Crippen MR) is 63.1 cm³/mol. The molecule has 0 spiro atoms. The van der Waals surface area contributed by atoms with Gasteiger partial charge in [-0.2, -0.15) is 0 Å². The maximum Gasteiger partial charge on any atom is 0.405 e. The summed E-state index contributed by atoms with van der Waals surface area (Å²) in [5.41, 5.74) is 9.17. The standard InChI is InChI=1S/C8H9ClN6O4/c9-5-4(6(10)13-2-12-5)7(17)15-14-3(16)1-11-8(18)19/h2,11H,1H2,(H,14,16)(H,15,17)(H,18,19)(H2,10,12,13). The van der Waals surface area contributed by atoms with Crippen molar-refractivity contribution in [3.8, 4) is 0 Å². The van der Waals surface area contributed by atoms with Crippen molar-refractivity contribution in [2.24, 2.45) is 0 Å². The number of amides is 3. The van der Waals surface area contributed by atoms with Crippen LogP contribution < -0.4 is 21.9 Å². The molecule has 19 heavy (non-hydrogen) atoms. The fourth-order valence-corrected chi connectivity index (χ4v) is 1.20. The number of carboxylic acid groups (broad SMARTS) is 1. The number of nitrogens with two attached hydrogens (primary N) is 1. The summed E-state index contributed by atoms with van der Waals surface area (Å²) in [7, 11) is 0. The van der Waals surface area contributed by atoms with E-state index in [9.17, 15) is 14.4 Å². The molecule has 0 saturated heterocycles. The van der Waals surface area contributed by atoms with Gasteiger partial charge in [0.2, 0.25) is 0 Å². The van der Waals surface area contributed by atoms with Crippen molar-refractivity contribution < 1.29 is 19.5 Å². The Morgan fingerprint density at radius 1 is 1.32 bits per heavy atom. The molecule has 0 aliphatic rings. The fraction of sp³-hybridized carbons (Fsp3) is 0.125. The number of hydrazine groups is 1. The number of carbonyl (C=O) groups is 3. The van der Waals surface area contributed by atoms with Gasteiger partial charge in [0.15, 0.2) is 0 Å². The molecule has 0 aliphatic heterocycles. The third-order valence-corrected chi connectivity index (χ3v) is 2.06. The molecule has 0 saturated carbocycles. The number of anilines is 1. The second kappa shape index (κ2) is 6.35. The topological polar surface area (TPSA) is 159 Å². The van der Waals surface area contributed by atoms with Gasteiger partial charge in [0.05, 0.1) is 0 Å². The molecule has 6 N–H and O–H groups in total. The Hall–Kier alpha value is -2.62. The summed E-state index contributed by atoms with van der Waals surface area (Å²) >= 11 is 5.65. The van der Waals surface area contributed by atoms with E-state index in [1.54, 1.807) is 0 Å². The second-order valence-corrected chi connectivity index (χ2v) is 3.44. The number of hydrogen-bond acceptors (Lipinski definition) is 6. The third-order valence-electron chi connectivity index (χ3n) is 1.77. The van der Waals surface area contributed by atoms with Crippen molar-refractivity contribution in [3.63, 3.8) is 0 Å². The van der Waals surface area contributed by atoms with Crippen LogP contribution in [0.3, 0.4) is 0 Å². The van der Waals surface area contributed by atoms with Crippen LogP contribution in [0.5, 0.6) is 0 Å². The predicted octanol–water partition coefficient (Wildman–Crippen LogP) is -1.26. The van der Waals surface area contributed by atoms with Gasteiger partial charge in [-0.1, -0.05) is 11.6 Å². The zero-order valence-electron chi connectivity index (χ0n) is 9.31. The van der Waals surface area contributed by atoms with Crippen LogP contribution in [0.25, 0.3) is 0 Å². The van der Waals surface area contributed by atoms with Crippen LogP contribution in [-0.4, -0.2) is 39.5 Å². The Bertz CT molecular complexity index is 502. The van der Waals surface area contributed by atoms with Gasteiger partial charge in [0, 0.05) is 0 Å². The molecule has 1 heterocycles. The Kier molecular flexibility index (Phi) is 4.83. The van der Waals surface area contributed by atoms with Gasteiger partial charge in [-0.15, -0.1) is 0 Å². The number of nitrogens with zero attached hydrogens (tertiary/aromatic N) is 2.